The molecule has 1 amide bonds. The topological polar surface area (TPSA) is 70.1 Å². The number of nitriles is 1. The summed E-state index contributed by atoms with van der Waals surface area (Å²) in [4.78, 5) is 12.7. The molecule has 0 radical (unpaired) electrons. The second kappa shape index (κ2) is 5.09. The Kier molecular flexibility index (Phi) is 3.60. The van der Waals surface area contributed by atoms with Crippen LogP contribution in [0.4, 0.5) is 13.2 Å². The van der Waals surface area contributed by atoms with Gasteiger partial charge in [-0.3, -0.25) is 4.79 Å². The summed E-state index contributed by atoms with van der Waals surface area (Å²) in [6, 6.07) is 2.78. The molecule has 2 heterocycles. The fourth-order valence-electron chi connectivity index (χ4n) is 1.88. The number of halogens is 3. The first-order valence-electron chi connectivity index (χ1n) is 5.85. The quantitative estimate of drug-likeness (QED) is 0.802. The van der Waals surface area contributed by atoms with Gasteiger partial charge in [-0.25, -0.2) is 0 Å². The molecule has 0 bridgehead atoms. The molecule has 0 saturated carbocycles. The fraction of sp³-hybridized carbons (Fsp3) is 0.308. The molecule has 0 spiro atoms. The van der Waals surface area contributed by atoms with Crippen molar-refractivity contribution in [2.45, 2.75) is 6.18 Å². The predicted octanol–water partition coefficient (Wildman–Crippen LogP) is 2.24. The normalized spacial score (nSPS) is 17.3. The van der Waals surface area contributed by atoms with Crippen LogP contribution in [0, 0.1) is 16.7 Å². The lowest BCUT2D eigenvalue weighted by molar-refractivity contribution is -0.155. The lowest BCUT2D eigenvalue weighted by Gasteiger charge is -2.43. The maximum atomic E-state index is 12.3. The van der Waals surface area contributed by atoms with E-state index < -0.39 is 17.4 Å². The summed E-state index contributed by atoms with van der Waals surface area (Å²) < 4.78 is 41.2. The van der Waals surface area contributed by atoms with Crippen LogP contribution in [0.1, 0.15) is 11.5 Å². The van der Waals surface area contributed by atoms with E-state index in [0.29, 0.717) is 0 Å². The molecule has 5 nitrogen and oxygen atoms in total. The highest BCUT2D eigenvalue weighted by atomic mass is 19.4. The number of carbonyl (C=O) groups is 1. The minimum atomic E-state index is -4.60. The van der Waals surface area contributed by atoms with Gasteiger partial charge in [0.1, 0.15) is 11.1 Å². The van der Waals surface area contributed by atoms with Gasteiger partial charge < -0.3 is 9.42 Å². The number of likely N-dealkylation sites (tertiary alicyclic amines) is 1. The number of carbonyl (C=O) groups excluding carboxylic acids is 1. The number of hydrogen-bond acceptors (Lipinski definition) is 4. The van der Waals surface area contributed by atoms with E-state index >= 15 is 0 Å². The Morgan fingerprint density at radius 1 is 1.57 bits per heavy atom. The average Bonchev–Trinajstić information content (AvgIpc) is 2.86. The Labute approximate surface area is 117 Å². The van der Waals surface area contributed by atoms with Crippen molar-refractivity contribution in [3.05, 3.63) is 36.3 Å². The zero-order valence-electron chi connectivity index (χ0n) is 10.7. The minimum Gasteiger partial charge on any atom is -0.351 e. The molecule has 21 heavy (non-hydrogen) atoms. The molecule has 1 fully saturated rings. The van der Waals surface area contributed by atoms with Crippen LogP contribution in [0.15, 0.2) is 29.3 Å². The van der Waals surface area contributed by atoms with Crippen LogP contribution in [0.3, 0.4) is 0 Å². The first kappa shape index (κ1) is 14.8. The summed E-state index contributed by atoms with van der Waals surface area (Å²) in [5.74, 6) is -1.50. The van der Waals surface area contributed by atoms with Crippen molar-refractivity contribution in [3.8, 4) is 6.07 Å². The van der Waals surface area contributed by atoms with E-state index in [2.05, 4.69) is 16.3 Å². The number of amides is 1. The Bertz CT molecular complexity index is 634. The molecule has 0 unspecified atom stereocenters. The molecule has 110 valence electrons. The van der Waals surface area contributed by atoms with Crippen LogP contribution in [0.5, 0.6) is 0 Å². The highest BCUT2D eigenvalue weighted by Gasteiger charge is 2.43. The summed E-state index contributed by atoms with van der Waals surface area (Å²) in [6.07, 6.45) is -0.760. The largest absolute Gasteiger partial charge is 0.452 e. The highest BCUT2D eigenvalue weighted by molar-refractivity contribution is 5.88. The van der Waals surface area contributed by atoms with E-state index in [9.17, 15) is 18.0 Å². The molecule has 0 aliphatic carbocycles. The van der Waals surface area contributed by atoms with Gasteiger partial charge in [-0.1, -0.05) is 17.8 Å². The summed E-state index contributed by atoms with van der Waals surface area (Å²) in [6.45, 7) is 3.66. The third kappa shape index (κ3) is 2.97. The van der Waals surface area contributed by atoms with E-state index in [1.165, 1.54) is 17.1 Å². The van der Waals surface area contributed by atoms with Gasteiger partial charge in [-0.15, -0.1) is 0 Å². The standard InChI is InChI=1S/C13H10F3N3O2/c1-2-11(20)19-7-12(6-17,8-19)4-3-9-5-10(21-18-9)13(14,15)16/h2-5H,1,7-8H2/b4-3+. The molecule has 1 aromatic rings. The molecular weight excluding hydrogens is 287 g/mol. The van der Waals surface area contributed by atoms with E-state index in [1.807, 2.05) is 6.07 Å². The molecule has 1 aromatic heterocycles. The number of nitrogens with zero attached hydrogens (tertiary/aromatic N) is 3. The first-order chi connectivity index (χ1) is 9.79. The van der Waals surface area contributed by atoms with Crippen molar-refractivity contribution >= 4 is 12.0 Å². The van der Waals surface area contributed by atoms with Crippen molar-refractivity contribution < 1.29 is 22.5 Å². The maximum Gasteiger partial charge on any atom is 0.452 e. The molecule has 2 rings (SSSR count). The van der Waals surface area contributed by atoms with Gasteiger partial charge in [-0.2, -0.15) is 18.4 Å². The maximum absolute atomic E-state index is 12.3. The molecular formula is C13H10F3N3O2. The van der Waals surface area contributed by atoms with Crippen molar-refractivity contribution in [1.29, 1.82) is 5.26 Å². The fourth-order valence-corrected chi connectivity index (χ4v) is 1.88. The zero-order chi connectivity index (χ0) is 15.7. The van der Waals surface area contributed by atoms with Gasteiger partial charge in [0.25, 0.3) is 0 Å². The Morgan fingerprint density at radius 3 is 2.71 bits per heavy atom. The number of alkyl halides is 3. The van der Waals surface area contributed by atoms with Crippen LogP contribution >= 0.6 is 0 Å². The lowest BCUT2D eigenvalue weighted by Crippen LogP contribution is -2.56. The Morgan fingerprint density at radius 2 is 2.24 bits per heavy atom. The van der Waals surface area contributed by atoms with Gasteiger partial charge in [0, 0.05) is 19.2 Å². The van der Waals surface area contributed by atoms with Gasteiger partial charge in [0.15, 0.2) is 0 Å². The smallest absolute Gasteiger partial charge is 0.351 e. The molecule has 1 aliphatic heterocycles. The number of rotatable bonds is 3. The van der Waals surface area contributed by atoms with Crippen molar-refractivity contribution in [3.63, 3.8) is 0 Å². The van der Waals surface area contributed by atoms with Crippen molar-refractivity contribution in [1.82, 2.24) is 10.1 Å². The second-order valence-corrected chi connectivity index (χ2v) is 4.61. The molecule has 0 aromatic carbocycles. The molecule has 0 atom stereocenters. The molecule has 1 aliphatic rings. The highest BCUT2D eigenvalue weighted by Crippen LogP contribution is 2.33. The molecule has 0 N–H and O–H groups in total. The van der Waals surface area contributed by atoms with Crippen molar-refractivity contribution in [2.75, 3.05) is 13.1 Å². The third-order valence-corrected chi connectivity index (χ3v) is 3.04. The van der Waals surface area contributed by atoms with Crippen LogP contribution in [0.2, 0.25) is 0 Å². The van der Waals surface area contributed by atoms with Gasteiger partial charge >= 0.3 is 6.18 Å². The number of aromatic nitrogens is 1. The number of hydrogen-bond donors (Lipinski definition) is 0. The SMILES string of the molecule is C=CC(=O)N1CC(C#N)(/C=C/c2cc(C(F)(F)F)on2)C1. The van der Waals surface area contributed by atoms with Gasteiger partial charge in [0.2, 0.25) is 11.7 Å². The zero-order valence-corrected chi connectivity index (χ0v) is 10.7. The first-order valence-corrected chi connectivity index (χ1v) is 5.85. The van der Waals surface area contributed by atoms with E-state index in [0.717, 1.165) is 12.1 Å². The summed E-state index contributed by atoms with van der Waals surface area (Å²) in [5, 5.41) is 12.4. The molecule has 1 saturated heterocycles. The average molecular weight is 297 g/mol. The van der Waals surface area contributed by atoms with Crippen LogP contribution in [-0.4, -0.2) is 29.1 Å². The van der Waals surface area contributed by atoms with E-state index in [1.54, 1.807) is 0 Å². The predicted molar refractivity (Wildman–Crippen MR) is 65.4 cm³/mol. The monoisotopic (exact) mass is 297 g/mol. The van der Waals surface area contributed by atoms with Crippen LogP contribution in [0.25, 0.3) is 6.08 Å². The Balaban J connectivity index is 2.07. The lowest BCUT2D eigenvalue weighted by atomic mass is 9.80. The van der Waals surface area contributed by atoms with Crippen molar-refractivity contribution in [2.24, 2.45) is 5.41 Å². The second-order valence-electron chi connectivity index (χ2n) is 4.61. The summed E-state index contributed by atoms with van der Waals surface area (Å²) in [7, 11) is 0. The summed E-state index contributed by atoms with van der Waals surface area (Å²) >= 11 is 0. The van der Waals surface area contributed by atoms with Crippen LogP contribution in [-0.2, 0) is 11.0 Å². The minimum absolute atomic E-state index is 0.0366. The summed E-state index contributed by atoms with van der Waals surface area (Å²) in [5.41, 5.74) is -0.957. The van der Waals surface area contributed by atoms with Gasteiger partial charge in [-0.05, 0) is 12.2 Å². The van der Waals surface area contributed by atoms with Crippen LogP contribution < -0.4 is 0 Å². The molecule has 8 heteroatoms. The van der Waals surface area contributed by atoms with Gasteiger partial charge in [0.05, 0.1) is 6.07 Å². The van der Waals surface area contributed by atoms with E-state index in [4.69, 9.17) is 5.26 Å². The third-order valence-electron chi connectivity index (χ3n) is 3.04. The Hall–Kier alpha value is -2.56. The van der Waals surface area contributed by atoms with E-state index in [-0.39, 0.29) is 24.7 Å².